The summed E-state index contributed by atoms with van der Waals surface area (Å²) in [6, 6.07) is 0.967. The van der Waals surface area contributed by atoms with E-state index in [-0.39, 0.29) is 0 Å². The molecule has 0 aromatic rings. The highest BCUT2D eigenvalue weighted by Gasteiger charge is 2.34. The summed E-state index contributed by atoms with van der Waals surface area (Å²) in [4.78, 5) is 2.85. The number of nitrogens with zero attached hydrogens (tertiary/aromatic N) is 1. The lowest BCUT2D eigenvalue weighted by molar-refractivity contribution is 0.0794. The van der Waals surface area contributed by atoms with Crippen LogP contribution in [0.25, 0.3) is 0 Å². The lowest BCUT2D eigenvalue weighted by Crippen LogP contribution is -2.44. The molecule has 0 aromatic heterocycles. The molecule has 4 heterocycles. The highest BCUT2D eigenvalue weighted by molar-refractivity contribution is 4.88. The van der Waals surface area contributed by atoms with Gasteiger partial charge in [0.15, 0.2) is 0 Å². The van der Waals surface area contributed by atoms with Crippen molar-refractivity contribution < 1.29 is 0 Å². The molecule has 4 fully saturated rings. The van der Waals surface area contributed by atoms with Gasteiger partial charge in [-0.25, -0.2) is 0 Å². The number of hydrogen-bond donors (Lipinski definition) is 0. The topological polar surface area (TPSA) is 3.24 Å². The van der Waals surface area contributed by atoms with Crippen LogP contribution < -0.4 is 0 Å². The Bertz CT molecular complexity index is 209. The molecule has 0 amide bonds. The van der Waals surface area contributed by atoms with Crippen molar-refractivity contribution in [2.24, 2.45) is 11.8 Å². The first-order valence-electron chi connectivity index (χ1n) is 7.17. The number of hydrogen-bond acceptors (Lipinski definition) is 1. The van der Waals surface area contributed by atoms with Crippen molar-refractivity contribution in [2.45, 2.75) is 63.8 Å². The Kier molecular flexibility index (Phi) is 3.01. The van der Waals surface area contributed by atoms with Crippen LogP contribution in [0.3, 0.4) is 0 Å². The molecule has 0 aromatic carbocycles. The van der Waals surface area contributed by atoms with Gasteiger partial charge in [0.25, 0.3) is 0 Å². The van der Waals surface area contributed by atoms with Crippen LogP contribution in [0.2, 0.25) is 0 Å². The molecule has 4 atom stereocenters. The average molecular weight is 207 g/mol. The van der Waals surface area contributed by atoms with E-state index in [0.717, 1.165) is 17.9 Å². The molecular weight excluding hydrogens is 182 g/mol. The zero-order valence-electron chi connectivity index (χ0n) is 9.96. The van der Waals surface area contributed by atoms with Gasteiger partial charge in [0.1, 0.15) is 0 Å². The van der Waals surface area contributed by atoms with Gasteiger partial charge in [-0.2, -0.15) is 0 Å². The highest BCUT2D eigenvalue weighted by Crippen LogP contribution is 2.38. The van der Waals surface area contributed by atoms with Crippen LogP contribution in [0.4, 0.5) is 0 Å². The monoisotopic (exact) mass is 207 g/mol. The van der Waals surface area contributed by atoms with E-state index in [1.54, 1.807) is 6.42 Å². The van der Waals surface area contributed by atoms with E-state index in [4.69, 9.17) is 0 Å². The zero-order chi connectivity index (χ0) is 10.1. The van der Waals surface area contributed by atoms with Gasteiger partial charge in [-0.3, -0.25) is 0 Å². The fraction of sp³-hybridized carbons (Fsp3) is 1.00. The number of rotatable bonds is 0. The summed E-state index contributed by atoms with van der Waals surface area (Å²) in [5, 5.41) is 0. The Labute approximate surface area is 94.2 Å². The normalized spacial score (nSPS) is 46.4. The second-order valence-corrected chi connectivity index (χ2v) is 6.03. The molecular formula is C14H25N. The van der Waals surface area contributed by atoms with Crippen LogP contribution in [0.5, 0.6) is 0 Å². The summed E-state index contributed by atoms with van der Waals surface area (Å²) in [6.07, 6.45) is 13.6. The second kappa shape index (κ2) is 4.45. The molecule has 0 aliphatic carbocycles. The van der Waals surface area contributed by atoms with Gasteiger partial charge in [-0.05, 0) is 44.1 Å². The third-order valence-electron chi connectivity index (χ3n) is 5.16. The molecule has 0 spiro atoms. The average Bonchev–Trinajstić information content (AvgIpc) is 2.46. The molecule has 15 heavy (non-hydrogen) atoms. The molecule has 4 aliphatic heterocycles. The fourth-order valence-electron chi connectivity index (χ4n) is 4.24. The van der Waals surface area contributed by atoms with Crippen molar-refractivity contribution in [2.75, 3.05) is 13.1 Å². The molecule has 4 rings (SSSR count). The Morgan fingerprint density at radius 2 is 1.47 bits per heavy atom. The molecule has 4 aliphatic rings. The summed E-state index contributed by atoms with van der Waals surface area (Å²) >= 11 is 0. The minimum Gasteiger partial charge on any atom is -0.300 e. The van der Waals surface area contributed by atoms with Crippen LogP contribution >= 0.6 is 0 Å². The lowest BCUT2D eigenvalue weighted by Gasteiger charge is -2.41. The van der Waals surface area contributed by atoms with Crippen molar-refractivity contribution in [1.82, 2.24) is 4.90 Å². The van der Waals surface area contributed by atoms with E-state index in [1.807, 2.05) is 0 Å². The molecule has 4 bridgehead atoms. The van der Waals surface area contributed by atoms with E-state index >= 15 is 0 Å². The van der Waals surface area contributed by atoms with Gasteiger partial charge in [0, 0.05) is 12.6 Å². The third kappa shape index (κ3) is 2.08. The maximum atomic E-state index is 2.85. The van der Waals surface area contributed by atoms with Gasteiger partial charge < -0.3 is 4.90 Å². The van der Waals surface area contributed by atoms with Crippen LogP contribution in [-0.4, -0.2) is 24.0 Å². The Morgan fingerprint density at radius 3 is 2.47 bits per heavy atom. The predicted octanol–water partition coefficient (Wildman–Crippen LogP) is 3.44. The van der Waals surface area contributed by atoms with E-state index in [1.165, 1.54) is 64.5 Å². The van der Waals surface area contributed by atoms with Gasteiger partial charge in [-0.15, -0.1) is 0 Å². The van der Waals surface area contributed by atoms with Crippen molar-refractivity contribution in [3.63, 3.8) is 0 Å². The van der Waals surface area contributed by atoms with Crippen molar-refractivity contribution in [3.8, 4) is 0 Å². The smallest absolute Gasteiger partial charge is 0.00953 e. The third-order valence-corrected chi connectivity index (χ3v) is 5.16. The second-order valence-electron chi connectivity index (χ2n) is 6.03. The number of fused-ring (bicyclic) bond motifs is 5. The molecule has 1 nitrogen and oxygen atoms in total. The standard InChI is InChI=1S/C14H25N/c1-2-5-12-9-10-15-11-13(12)6-4-8-14(15)7-3-1/h12-14H,1-11H2. The maximum Gasteiger partial charge on any atom is 0.00953 e. The SMILES string of the molecule is C1CCC2CCN3CC2CCCC3CC1. The largest absolute Gasteiger partial charge is 0.300 e. The van der Waals surface area contributed by atoms with Crippen molar-refractivity contribution in [1.29, 1.82) is 0 Å². The lowest BCUT2D eigenvalue weighted by atomic mass is 9.80. The highest BCUT2D eigenvalue weighted by atomic mass is 15.2. The Morgan fingerprint density at radius 1 is 0.667 bits per heavy atom. The first-order valence-corrected chi connectivity index (χ1v) is 7.17. The summed E-state index contributed by atoms with van der Waals surface area (Å²) in [7, 11) is 0. The van der Waals surface area contributed by atoms with Crippen molar-refractivity contribution >= 4 is 0 Å². The number of piperidine rings is 1. The predicted molar refractivity (Wildman–Crippen MR) is 63.9 cm³/mol. The molecule has 0 saturated carbocycles. The minimum atomic E-state index is 0.967. The van der Waals surface area contributed by atoms with Gasteiger partial charge in [0.05, 0.1) is 0 Å². The summed E-state index contributed by atoms with van der Waals surface area (Å²) in [5.74, 6) is 2.17. The van der Waals surface area contributed by atoms with E-state index in [0.29, 0.717) is 0 Å². The Balaban J connectivity index is 1.80. The van der Waals surface area contributed by atoms with Crippen molar-refractivity contribution in [3.05, 3.63) is 0 Å². The summed E-state index contributed by atoms with van der Waals surface area (Å²) in [6.45, 7) is 2.88. The van der Waals surface area contributed by atoms with Gasteiger partial charge in [-0.1, -0.05) is 32.1 Å². The van der Waals surface area contributed by atoms with E-state index in [2.05, 4.69) is 4.90 Å². The maximum absolute atomic E-state index is 2.85. The molecule has 4 unspecified atom stereocenters. The van der Waals surface area contributed by atoms with Crippen LogP contribution in [0.15, 0.2) is 0 Å². The Hall–Kier alpha value is -0.0400. The molecule has 4 saturated heterocycles. The molecule has 1 heteroatoms. The molecule has 0 N–H and O–H groups in total. The van der Waals surface area contributed by atoms with Crippen LogP contribution in [0, 0.1) is 11.8 Å². The summed E-state index contributed by atoms with van der Waals surface area (Å²) < 4.78 is 0. The quantitative estimate of drug-likeness (QED) is 0.588. The van der Waals surface area contributed by atoms with Gasteiger partial charge in [0.2, 0.25) is 0 Å². The van der Waals surface area contributed by atoms with Crippen LogP contribution in [-0.2, 0) is 0 Å². The zero-order valence-corrected chi connectivity index (χ0v) is 9.96. The molecule has 86 valence electrons. The first-order chi connectivity index (χ1) is 7.43. The van der Waals surface area contributed by atoms with E-state index < -0.39 is 0 Å². The van der Waals surface area contributed by atoms with Gasteiger partial charge >= 0.3 is 0 Å². The van der Waals surface area contributed by atoms with Crippen LogP contribution in [0.1, 0.15) is 57.8 Å². The summed E-state index contributed by atoms with van der Waals surface area (Å²) in [5.41, 5.74) is 0. The fourth-order valence-corrected chi connectivity index (χ4v) is 4.24. The minimum absolute atomic E-state index is 0.967. The van der Waals surface area contributed by atoms with E-state index in [9.17, 15) is 0 Å². The first kappa shape index (κ1) is 10.1. The molecule has 0 radical (unpaired) electrons.